The SMILES string of the molecule is Cc1cccc(S(=O)(=O)[C@H]2CCC3=Cc4c(nnn4-c4ccc(F)cc4)C[C@]3(C(=O)c3cc(C)ccn3)C2)c1. The standard InChI is InChI=1S/C30H27FN4O3S/c1-19-4-3-5-24(14-19)39(37,38)25-11-6-21-16-28-27(33-34-35(28)23-9-7-22(31)8-10-23)18-30(21,17-25)29(36)26-15-20(2)12-13-32-26/h3-5,7-10,12-16,25H,6,11,17-18H2,1-2H3/t25-,30+/m0/s1. The third-order valence-corrected chi connectivity index (χ3v) is 10.1. The van der Waals surface area contributed by atoms with Crippen LogP contribution in [0.2, 0.25) is 0 Å². The number of carbonyl (C=O) groups is 1. The van der Waals surface area contributed by atoms with E-state index >= 15 is 0 Å². The lowest BCUT2D eigenvalue weighted by Crippen LogP contribution is -2.46. The first-order valence-corrected chi connectivity index (χ1v) is 14.4. The molecule has 0 radical (unpaired) electrons. The van der Waals surface area contributed by atoms with Gasteiger partial charge in [-0.05, 0) is 98.8 Å². The van der Waals surface area contributed by atoms with Gasteiger partial charge in [-0.3, -0.25) is 9.78 Å². The molecule has 2 aliphatic rings. The number of carbonyl (C=O) groups excluding carboxylic acids is 1. The number of aromatic nitrogens is 4. The molecule has 198 valence electrons. The number of aryl methyl sites for hydroxylation is 2. The van der Waals surface area contributed by atoms with Crippen LogP contribution < -0.4 is 0 Å². The summed E-state index contributed by atoms with van der Waals surface area (Å²) in [6.07, 6.45) is 4.69. The molecule has 2 aliphatic carbocycles. The number of ketones is 1. The van der Waals surface area contributed by atoms with Crippen molar-refractivity contribution in [2.75, 3.05) is 0 Å². The topological polar surface area (TPSA) is 94.8 Å². The minimum atomic E-state index is -3.69. The molecule has 0 bridgehead atoms. The van der Waals surface area contributed by atoms with Crippen LogP contribution >= 0.6 is 0 Å². The average Bonchev–Trinajstić information content (AvgIpc) is 3.33. The summed E-state index contributed by atoms with van der Waals surface area (Å²) in [7, 11) is -3.69. The highest BCUT2D eigenvalue weighted by Crippen LogP contribution is 2.51. The number of sulfone groups is 1. The predicted molar refractivity (Wildman–Crippen MR) is 145 cm³/mol. The average molecular weight is 543 g/mol. The number of hydrogen-bond donors (Lipinski definition) is 0. The Morgan fingerprint density at radius 2 is 1.82 bits per heavy atom. The summed E-state index contributed by atoms with van der Waals surface area (Å²) >= 11 is 0. The molecule has 7 nitrogen and oxygen atoms in total. The van der Waals surface area contributed by atoms with E-state index in [0.717, 1.165) is 22.4 Å². The largest absolute Gasteiger partial charge is 0.291 e. The molecule has 4 aromatic rings. The number of fused-ring (bicyclic) bond motifs is 2. The number of hydrogen-bond acceptors (Lipinski definition) is 6. The van der Waals surface area contributed by atoms with Crippen molar-refractivity contribution in [1.82, 2.24) is 20.0 Å². The fourth-order valence-electron chi connectivity index (χ4n) is 5.86. The maximum Gasteiger partial charge on any atom is 0.191 e. The fourth-order valence-corrected chi connectivity index (χ4v) is 7.80. The number of halogens is 1. The van der Waals surface area contributed by atoms with E-state index in [4.69, 9.17) is 0 Å². The molecule has 0 spiro atoms. The van der Waals surface area contributed by atoms with Crippen molar-refractivity contribution >= 4 is 21.7 Å². The Kier molecular flexibility index (Phi) is 6.06. The Morgan fingerprint density at radius 3 is 2.56 bits per heavy atom. The maximum atomic E-state index is 14.3. The Morgan fingerprint density at radius 1 is 1.05 bits per heavy atom. The van der Waals surface area contributed by atoms with Crippen molar-refractivity contribution in [3.63, 3.8) is 0 Å². The van der Waals surface area contributed by atoms with Crippen LogP contribution in [0.25, 0.3) is 11.8 Å². The molecule has 0 saturated heterocycles. The van der Waals surface area contributed by atoms with Gasteiger partial charge in [0.05, 0.1) is 32.6 Å². The summed E-state index contributed by atoms with van der Waals surface area (Å²) in [5.74, 6) is -0.557. The first kappa shape index (κ1) is 25.3. The van der Waals surface area contributed by atoms with Gasteiger partial charge in [0.1, 0.15) is 11.5 Å². The van der Waals surface area contributed by atoms with Crippen molar-refractivity contribution < 1.29 is 17.6 Å². The molecule has 2 aromatic heterocycles. The van der Waals surface area contributed by atoms with Crippen LogP contribution in [0.15, 0.2) is 77.3 Å². The van der Waals surface area contributed by atoms with Gasteiger partial charge in [-0.1, -0.05) is 22.9 Å². The van der Waals surface area contributed by atoms with E-state index < -0.39 is 20.5 Å². The Labute approximate surface area is 226 Å². The van der Waals surface area contributed by atoms with Crippen LogP contribution in [0.4, 0.5) is 4.39 Å². The monoisotopic (exact) mass is 542 g/mol. The molecule has 0 N–H and O–H groups in total. The number of benzene rings is 2. The molecule has 0 amide bonds. The smallest absolute Gasteiger partial charge is 0.191 e. The highest BCUT2D eigenvalue weighted by atomic mass is 32.2. The molecule has 1 fully saturated rings. The van der Waals surface area contributed by atoms with Crippen molar-refractivity contribution in [2.45, 2.75) is 49.7 Å². The summed E-state index contributed by atoms with van der Waals surface area (Å²) in [6, 6.07) is 16.5. The lowest BCUT2D eigenvalue weighted by molar-refractivity contribution is 0.0795. The molecule has 2 atom stereocenters. The second-order valence-corrected chi connectivity index (χ2v) is 12.7. The summed E-state index contributed by atoms with van der Waals surface area (Å²) in [4.78, 5) is 18.9. The third-order valence-electron chi connectivity index (χ3n) is 7.90. The molecule has 0 aliphatic heterocycles. The van der Waals surface area contributed by atoms with Crippen molar-refractivity contribution in [1.29, 1.82) is 0 Å². The fraction of sp³-hybridized carbons (Fsp3) is 0.267. The minimum Gasteiger partial charge on any atom is -0.291 e. The van der Waals surface area contributed by atoms with E-state index in [2.05, 4.69) is 15.3 Å². The minimum absolute atomic E-state index is 0.131. The van der Waals surface area contributed by atoms with E-state index in [9.17, 15) is 17.6 Å². The van der Waals surface area contributed by atoms with Crippen LogP contribution in [0.5, 0.6) is 0 Å². The molecular weight excluding hydrogens is 515 g/mol. The molecule has 6 rings (SSSR count). The quantitative estimate of drug-likeness (QED) is 0.320. The first-order chi connectivity index (χ1) is 18.7. The van der Waals surface area contributed by atoms with Crippen molar-refractivity contribution in [2.24, 2.45) is 5.41 Å². The van der Waals surface area contributed by atoms with Gasteiger partial charge in [-0.2, -0.15) is 0 Å². The normalized spacial score (nSPS) is 20.6. The zero-order valence-electron chi connectivity index (χ0n) is 21.6. The van der Waals surface area contributed by atoms with E-state index in [-0.39, 0.29) is 29.3 Å². The first-order valence-electron chi connectivity index (χ1n) is 12.9. The van der Waals surface area contributed by atoms with E-state index in [1.165, 1.54) is 12.1 Å². The van der Waals surface area contributed by atoms with Crippen LogP contribution in [0.3, 0.4) is 0 Å². The van der Waals surface area contributed by atoms with E-state index in [1.54, 1.807) is 47.3 Å². The number of rotatable bonds is 5. The highest BCUT2D eigenvalue weighted by molar-refractivity contribution is 7.92. The van der Waals surface area contributed by atoms with Gasteiger partial charge in [0.25, 0.3) is 0 Å². The zero-order valence-corrected chi connectivity index (χ0v) is 22.5. The zero-order chi connectivity index (χ0) is 27.4. The number of pyridine rings is 1. The highest BCUT2D eigenvalue weighted by Gasteiger charge is 2.52. The van der Waals surface area contributed by atoms with Gasteiger partial charge in [-0.15, -0.1) is 5.10 Å². The third kappa shape index (κ3) is 4.30. The molecule has 2 aromatic carbocycles. The lowest BCUT2D eigenvalue weighted by Gasteiger charge is -2.43. The molecular formula is C30H27FN4O3S. The number of nitrogens with zero attached hydrogens (tertiary/aromatic N) is 4. The van der Waals surface area contributed by atoms with Crippen molar-refractivity contribution in [3.05, 3.63) is 106 Å². The van der Waals surface area contributed by atoms with Crippen LogP contribution in [0, 0.1) is 25.1 Å². The summed E-state index contributed by atoms with van der Waals surface area (Å²) in [5, 5.41) is 7.97. The lowest BCUT2D eigenvalue weighted by atomic mass is 9.62. The number of Topliss-reactive ketones (excluding diaryl/α,β-unsaturated/α-hetero) is 1. The van der Waals surface area contributed by atoms with Gasteiger partial charge in [0.15, 0.2) is 15.6 Å². The Bertz CT molecular complexity index is 1740. The van der Waals surface area contributed by atoms with Gasteiger partial charge in [-0.25, -0.2) is 17.5 Å². The maximum absolute atomic E-state index is 14.3. The predicted octanol–water partition coefficient (Wildman–Crippen LogP) is 5.25. The molecule has 39 heavy (non-hydrogen) atoms. The van der Waals surface area contributed by atoms with Gasteiger partial charge < -0.3 is 0 Å². The van der Waals surface area contributed by atoms with E-state index in [1.807, 2.05) is 32.1 Å². The number of allylic oxidation sites excluding steroid dienone is 1. The van der Waals surface area contributed by atoms with Crippen LogP contribution in [-0.2, 0) is 16.3 Å². The second-order valence-electron chi connectivity index (χ2n) is 10.5. The second kappa shape index (κ2) is 9.34. The Hall–Kier alpha value is -3.98. The molecule has 9 heteroatoms. The molecule has 2 heterocycles. The van der Waals surface area contributed by atoms with Crippen molar-refractivity contribution in [3.8, 4) is 5.69 Å². The van der Waals surface area contributed by atoms with Crippen LogP contribution in [-0.4, -0.2) is 39.4 Å². The molecule has 0 unspecified atom stereocenters. The van der Waals surface area contributed by atoms with Crippen LogP contribution in [0.1, 0.15) is 52.3 Å². The van der Waals surface area contributed by atoms with Gasteiger partial charge in [0.2, 0.25) is 0 Å². The summed E-state index contributed by atoms with van der Waals surface area (Å²) in [5.41, 5.74) is 3.77. The summed E-state index contributed by atoms with van der Waals surface area (Å²) in [6.45, 7) is 3.76. The van der Waals surface area contributed by atoms with Gasteiger partial charge >= 0.3 is 0 Å². The van der Waals surface area contributed by atoms with E-state index in [0.29, 0.717) is 29.9 Å². The Balaban J connectivity index is 1.46. The summed E-state index contributed by atoms with van der Waals surface area (Å²) < 4.78 is 42.8. The molecule has 1 saturated carbocycles. The van der Waals surface area contributed by atoms with Gasteiger partial charge in [0, 0.05) is 12.6 Å².